The van der Waals surface area contributed by atoms with Crippen LogP contribution in [0.2, 0.25) is 0 Å². The second kappa shape index (κ2) is 6.98. The van der Waals surface area contributed by atoms with E-state index in [4.69, 9.17) is 22.8 Å². The summed E-state index contributed by atoms with van der Waals surface area (Å²) in [5.74, 6) is 6.49. The normalized spacial score (nSPS) is 10.5. The summed E-state index contributed by atoms with van der Waals surface area (Å²) in [6.45, 7) is 0.0785. The van der Waals surface area contributed by atoms with Crippen LogP contribution in [0.3, 0.4) is 0 Å². The summed E-state index contributed by atoms with van der Waals surface area (Å²) >= 11 is 8.35. The number of nitrogens with one attached hydrogen (secondary N) is 1. The van der Waals surface area contributed by atoms with Crippen LogP contribution >= 0.6 is 28.1 Å². The van der Waals surface area contributed by atoms with Crippen LogP contribution in [0.25, 0.3) is 0 Å². The van der Waals surface area contributed by atoms with Crippen molar-refractivity contribution in [3.8, 4) is 5.75 Å². The molecule has 0 spiro atoms. The molecule has 0 saturated heterocycles. The zero-order valence-corrected chi connectivity index (χ0v) is 14.8. The quantitative estimate of drug-likeness (QED) is 0.387. The molecule has 122 valence electrons. The van der Waals surface area contributed by atoms with E-state index in [1.165, 1.54) is 4.68 Å². The molecule has 0 amide bonds. The van der Waals surface area contributed by atoms with Crippen LogP contribution in [0.4, 0.5) is 0 Å². The molecule has 0 aliphatic heterocycles. The van der Waals surface area contributed by atoms with Gasteiger partial charge in [-0.15, -0.1) is 0 Å². The van der Waals surface area contributed by atoms with Crippen molar-refractivity contribution in [2.75, 3.05) is 5.84 Å². The monoisotopic (exact) mass is 404 g/mol. The number of ether oxygens (including phenoxy) is 1. The minimum Gasteiger partial charge on any atom is -0.485 e. The molecule has 8 heteroatoms. The van der Waals surface area contributed by atoms with Crippen LogP contribution in [-0.2, 0) is 6.61 Å². The van der Waals surface area contributed by atoms with Crippen molar-refractivity contribution in [1.82, 2.24) is 14.9 Å². The highest BCUT2D eigenvalue weighted by Crippen LogP contribution is 2.26. The van der Waals surface area contributed by atoms with E-state index >= 15 is 0 Å². The topological polar surface area (TPSA) is 85.9 Å². The summed E-state index contributed by atoms with van der Waals surface area (Å²) in [6.07, 6.45) is 0. The number of rotatable bonds is 5. The number of carbonyl (C=O) groups excluding carboxylic acids is 1. The first kappa shape index (κ1) is 16.4. The minimum absolute atomic E-state index is 0.0785. The fourth-order valence-electron chi connectivity index (χ4n) is 2.13. The van der Waals surface area contributed by atoms with Crippen LogP contribution in [0.5, 0.6) is 5.75 Å². The van der Waals surface area contributed by atoms with Gasteiger partial charge in [0.05, 0.1) is 5.56 Å². The summed E-state index contributed by atoms with van der Waals surface area (Å²) in [5, 5.41) is 6.57. The van der Waals surface area contributed by atoms with Gasteiger partial charge >= 0.3 is 0 Å². The largest absolute Gasteiger partial charge is 0.485 e. The van der Waals surface area contributed by atoms with E-state index in [2.05, 4.69) is 26.1 Å². The first-order valence-corrected chi connectivity index (χ1v) is 8.20. The van der Waals surface area contributed by atoms with Gasteiger partial charge in [0.2, 0.25) is 4.77 Å². The summed E-state index contributed by atoms with van der Waals surface area (Å²) in [7, 11) is 0. The molecule has 0 saturated carbocycles. The van der Waals surface area contributed by atoms with Crippen molar-refractivity contribution >= 4 is 33.9 Å². The maximum absolute atomic E-state index is 12.7. The number of ketones is 1. The van der Waals surface area contributed by atoms with Gasteiger partial charge in [-0.1, -0.05) is 46.3 Å². The second-order valence-electron chi connectivity index (χ2n) is 4.94. The Kier molecular flexibility index (Phi) is 4.77. The molecule has 1 heterocycles. The average Bonchev–Trinajstić information content (AvgIpc) is 2.92. The lowest BCUT2D eigenvalue weighted by atomic mass is 10.0. The molecule has 3 N–H and O–H groups in total. The average molecular weight is 405 g/mol. The van der Waals surface area contributed by atoms with Crippen molar-refractivity contribution in [3.05, 3.63) is 74.7 Å². The summed E-state index contributed by atoms with van der Waals surface area (Å²) in [5.41, 5.74) is 1.05. The first-order valence-electron chi connectivity index (χ1n) is 6.99. The number of nitrogens with zero attached hydrogens (tertiary/aromatic N) is 2. The van der Waals surface area contributed by atoms with Crippen LogP contribution in [-0.4, -0.2) is 20.7 Å². The number of halogens is 1. The maximum Gasteiger partial charge on any atom is 0.214 e. The van der Waals surface area contributed by atoms with Crippen molar-refractivity contribution in [2.24, 2.45) is 0 Å². The predicted molar refractivity (Wildman–Crippen MR) is 95.9 cm³/mol. The highest BCUT2D eigenvalue weighted by atomic mass is 79.9. The lowest BCUT2D eigenvalue weighted by Gasteiger charge is -2.11. The summed E-state index contributed by atoms with van der Waals surface area (Å²) < 4.78 is 8.08. The molecule has 0 atom stereocenters. The third kappa shape index (κ3) is 3.39. The molecule has 2 aromatic carbocycles. The van der Waals surface area contributed by atoms with Crippen LogP contribution in [0.15, 0.2) is 53.0 Å². The van der Waals surface area contributed by atoms with Crippen molar-refractivity contribution in [1.29, 1.82) is 0 Å². The Morgan fingerprint density at radius 3 is 2.71 bits per heavy atom. The zero-order valence-electron chi connectivity index (χ0n) is 12.4. The van der Waals surface area contributed by atoms with Crippen LogP contribution < -0.4 is 10.6 Å². The van der Waals surface area contributed by atoms with Crippen molar-refractivity contribution in [2.45, 2.75) is 6.61 Å². The number of aromatic amines is 1. The molecular formula is C16H13BrN4O2S. The molecule has 1 aromatic heterocycles. The van der Waals surface area contributed by atoms with Gasteiger partial charge in [0.1, 0.15) is 12.4 Å². The third-order valence-corrected chi connectivity index (χ3v) is 4.14. The van der Waals surface area contributed by atoms with Crippen molar-refractivity contribution < 1.29 is 9.53 Å². The Labute approximate surface area is 151 Å². The second-order valence-corrected chi connectivity index (χ2v) is 6.24. The van der Waals surface area contributed by atoms with Gasteiger partial charge in [-0.2, -0.15) is 5.10 Å². The highest BCUT2D eigenvalue weighted by Gasteiger charge is 2.16. The van der Waals surface area contributed by atoms with Gasteiger partial charge in [-0.3, -0.25) is 9.89 Å². The summed E-state index contributed by atoms with van der Waals surface area (Å²) in [4.78, 5) is 12.7. The Bertz CT molecular complexity index is 937. The molecule has 3 rings (SSSR count). The first-order chi connectivity index (χ1) is 11.6. The smallest absolute Gasteiger partial charge is 0.214 e. The van der Waals surface area contributed by atoms with Gasteiger partial charge in [-0.25, -0.2) is 4.68 Å². The number of hydrogen-bond donors (Lipinski definition) is 2. The molecule has 6 nitrogen and oxygen atoms in total. The fraction of sp³-hybridized carbons (Fsp3) is 0.0625. The lowest BCUT2D eigenvalue weighted by Crippen LogP contribution is -2.15. The van der Waals surface area contributed by atoms with E-state index in [9.17, 15) is 4.79 Å². The molecule has 0 bridgehead atoms. The van der Waals surface area contributed by atoms with E-state index in [1.54, 1.807) is 30.3 Å². The van der Waals surface area contributed by atoms with Gasteiger partial charge in [-0.05, 0) is 30.4 Å². The summed E-state index contributed by atoms with van der Waals surface area (Å²) in [6, 6.07) is 14.3. The number of hydrogen-bond acceptors (Lipinski definition) is 5. The number of nitrogens with two attached hydrogens (primary N) is 1. The molecule has 0 fully saturated rings. The van der Waals surface area contributed by atoms with Gasteiger partial charge in [0, 0.05) is 10.0 Å². The lowest BCUT2D eigenvalue weighted by molar-refractivity contribution is 0.103. The van der Waals surface area contributed by atoms with Crippen LogP contribution in [0, 0.1) is 4.77 Å². The Balaban J connectivity index is 1.90. The number of aromatic nitrogens is 3. The third-order valence-electron chi connectivity index (χ3n) is 3.36. The highest BCUT2D eigenvalue weighted by molar-refractivity contribution is 9.10. The van der Waals surface area contributed by atoms with Gasteiger partial charge in [0.25, 0.3) is 0 Å². The molecule has 0 aliphatic carbocycles. The number of nitrogen functional groups attached to an aromatic ring is 1. The molecule has 24 heavy (non-hydrogen) atoms. The fourth-order valence-corrected chi connectivity index (χ4v) is 2.62. The maximum atomic E-state index is 12.7. The van der Waals surface area contributed by atoms with E-state index in [1.807, 2.05) is 18.2 Å². The standard InChI is InChI=1S/C16H13BrN4O2S/c17-11-6-7-12(15(22)10-4-2-1-3-5-10)13(8-11)23-9-14-19-20-16(24)21(14)18/h1-8H,9,18H2,(H,20,24). The minimum atomic E-state index is -0.121. The van der Waals surface area contributed by atoms with E-state index in [-0.39, 0.29) is 12.4 Å². The van der Waals surface area contributed by atoms with Gasteiger partial charge in [0.15, 0.2) is 11.6 Å². The van der Waals surface area contributed by atoms with E-state index in [0.717, 1.165) is 4.47 Å². The zero-order chi connectivity index (χ0) is 17.1. The molecule has 3 aromatic rings. The Morgan fingerprint density at radius 2 is 2.04 bits per heavy atom. The Morgan fingerprint density at radius 1 is 1.29 bits per heavy atom. The van der Waals surface area contributed by atoms with Crippen LogP contribution in [0.1, 0.15) is 21.7 Å². The molecule has 0 unspecified atom stereocenters. The SMILES string of the molecule is Nn1c(COc2cc(Br)ccc2C(=O)c2ccccc2)n[nH]c1=S. The number of carbonyl (C=O) groups is 1. The molecular weight excluding hydrogens is 392 g/mol. The van der Waals surface area contributed by atoms with Crippen molar-refractivity contribution in [3.63, 3.8) is 0 Å². The Hall–Kier alpha value is -2.45. The van der Waals surface area contributed by atoms with Gasteiger partial charge < -0.3 is 10.6 Å². The molecule has 0 radical (unpaired) electrons. The molecule has 0 aliphatic rings. The number of H-pyrrole nitrogens is 1. The predicted octanol–water partition coefficient (Wildman–Crippen LogP) is 3.23. The van der Waals surface area contributed by atoms with E-state index in [0.29, 0.717) is 27.5 Å². The number of benzene rings is 2. The van der Waals surface area contributed by atoms with E-state index < -0.39 is 0 Å².